The summed E-state index contributed by atoms with van der Waals surface area (Å²) in [6.45, 7) is 0.548. The van der Waals surface area contributed by atoms with Crippen LogP contribution < -0.4 is 15.4 Å². The van der Waals surface area contributed by atoms with E-state index in [0.29, 0.717) is 29.0 Å². The second-order valence-corrected chi connectivity index (χ2v) is 5.04. The predicted molar refractivity (Wildman–Crippen MR) is 79.9 cm³/mol. The number of carbonyl (C=O) groups is 1. The molecule has 0 radical (unpaired) electrons. The number of thiocarbonyl (C=S) groups is 1. The van der Waals surface area contributed by atoms with Gasteiger partial charge in [0.2, 0.25) is 0 Å². The highest BCUT2D eigenvalue weighted by Crippen LogP contribution is 2.21. The summed E-state index contributed by atoms with van der Waals surface area (Å²) in [5.74, 6) is 0.0849. The average molecular weight is 294 g/mol. The van der Waals surface area contributed by atoms with Gasteiger partial charge in [-0.15, -0.1) is 0 Å². The topological polar surface area (TPSA) is 59.6 Å². The lowest BCUT2D eigenvalue weighted by Crippen LogP contribution is -2.36. The van der Waals surface area contributed by atoms with Crippen molar-refractivity contribution in [2.24, 2.45) is 0 Å². The lowest BCUT2D eigenvalue weighted by atomic mass is 10.1. The van der Waals surface area contributed by atoms with Crippen LogP contribution in [0.4, 0.5) is 0 Å². The second kappa shape index (κ2) is 6.56. The SMILES string of the molecule is COC(=O)c1cc(CNC(=S)NC2CC2)ccc1OC. The molecule has 0 spiro atoms. The maximum atomic E-state index is 11.7. The number of hydrogen-bond acceptors (Lipinski definition) is 4. The first-order valence-electron chi connectivity index (χ1n) is 6.43. The van der Waals surface area contributed by atoms with Crippen molar-refractivity contribution in [2.75, 3.05) is 14.2 Å². The summed E-state index contributed by atoms with van der Waals surface area (Å²) < 4.78 is 9.89. The first-order valence-corrected chi connectivity index (χ1v) is 6.84. The Morgan fingerprint density at radius 1 is 1.40 bits per heavy atom. The molecule has 2 rings (SSSR count). The van der Waals surface area contributed by atoms with E-state index < -0.39 is 5.97 Å². The van der Waals surface area contributed by atoms with Gasteiger partial charge in [-0.05, 0) is 42.8 Å². The molecule has 1 aromatic carbocycles. The molecule has 1 aliphatic rings. The summed E-state index contributed by atoms with van der Waals surface area (Å²) in [6, 6.07) is 5.91. The molecule has 1 fully saturated rings. The van der Waals surface area contributed by atoms with E-state index in [2.05, 4.69) is 10.6 Å². The fourth-order valence-electron chi connectivity index (χ4n) is 1.78. The van der Waals surface area contributed by atoms with Crippen LogP contribution in [-0.2, 0) is 11.3 Å². The highest BCUT2D eigenvalue weighted by molar-refractivity contribution is 7.80. The maximum absolute atomic E-state index is 11.7. The monoisotopic (exact) mass is 294 g/mol. The Kier molecular flexibility index (Phi) is 4.79. The Bertz CT molecular complexity index is 515. The summed E-state index contributed by atoms with van der Waals surface area (Å²) >= 11 is 5.19. The van der Waals surface area contributed by atoms with Crippen LogP contribution in [-0.4, -0.2) is 31.3 Å². The van der Waals surface area contributed by atoms with Crippen LogP contribution in [0.25, 0.3) is 0 Å². The standard InChI is InChI=1S/C14H18N2O3S/c1-18-12-6-3-9(7-11(12)13(17)19-2)8-15-14(20)16-10-4-5-10/h3,6-7,10H,4-5,8H2,1-2H3,(H2,15,16,20). The zero-order valence-corrected chi connectivity index (χ0v) is 12.4. The van der Waals surface area contributed by atoms with Gasteiger partial charge in [0.05, 0.1) is 14.2 Å². The Morgan fingerprint density at radius 2 is 2.15 bits per heavy atom. The molecule has 1 aliphatic carbocycles. The predicted octanol–water partition coefficient (Wildman–Crippen LogP) is 1.61. The molecule has 0 bridgehead atoms. The number of carbonyl (C=O) groups excluding carboxylic acids is 1. The zero-order valence-electron chi connectivity index (χ0n) is 11.6. The molecule has 2 N–H and O–H groups in total. The molecule has 0 saturated heterocycles. The van der Waals surface area contributed by atoms with Crippen LogP contribution in [0, 0.1) is 0 Å². The molecule has 6 heteroatoms. The van der Waals surface area contributed by atoms with Gasteiger partial charge in [-0.1, -0.05) is 6.07 Å². The van der Waals surface area contributed by atoms with Gasteiger partial charge in [0, 0.05) is 12.6 Å². The van der Waals surface area contributed by atoms with E-state index in [1.165, 1.54) is 27.1 Å². The van der Waals surface area contributed by atoms with Crippen molar-refractivity contribution in [1.82, 2.24) is 10.6 Å². The minimum absolute atomic E-state index is 0.412. The fraction of sp³-hybridized carbons (Fsp3) is 0.429. The Hall–Kier alpha value is -1.82. The summed E-state index contributed by atoms with van der Waals surface area (Å²) in [5, 5.41) is 6.96. The van der Waals surface area contributed by atoms with Crippen molar-refractivity contribution in [1.29, 1.82) is 0 Å². The van der Waals surface area contributed by atoms with E-state index in [1.807, 2.05) is 6.07 Å². The minimum atomic E-state index is -0.414. The molecular formula is C14H18N2O3S. The highest BCUT2D eigenvalue weighted by Gasteiger charge is 2.21. The Labute approximate surface area is 123 Å². The van der Waals surface area contributed by atoms with E-state index in [4.69, 9.17) is 21.7 Å². The van der Waals surface area contributed by atoms with Crippen LogP contribution >= 0.6 is 12.2 Å². The van der Waals surface area contributed by atoms with Crippen LogP contribution in [0.15, 0.2) is 18.2 Å². The fourth-order valence-corrected chi connectivity index (χ4v) is 2.02. The smallest absolute Gasteiger partial charge is 0.341 e. The Balaban J connectivity index is 2.00. The largest absolute Gasteiger partial charge is 0.496 e. The molecule has 0 aliphatic heterocycles. The first kappa shape index (κ1) is 14.6. The molecule has 1 aromatic rings. The van der Waals surface area contributed by atoms with Crippen LogP contribution in [0.5, 0.6) is 5.75 Å². The highest BCUT2D eigenvalue weighted by atomic mass is 32.1. The van der Waals surface area contributed by atoms with Crippen molar-refractivity contribution in [3.63, 3.8) is 0 Å². The minimum Gasteiger partial charge on any atom is -0.496 e. The van der Waals surface area contributed by atoms with Gasteiger partial charge >= 0.3 is 5.97 Å². The van der Waals surface area contributed by atoms with E-state index >= 15 is 0 Å². The summed E-state index contributed by atoms with van der Waals surface area (Å²) in [6.07, 6.45) is 2.35. The van der Waals surface area contributed by atoms with E-state index in [-0.39, 0.29) is 0 Å². The number of methoxy groups -OCH3 is 2. The lowest BCUT2D eigenvalue weighted by Gasteiger charge is -2.12. The number of ether oxygens (including phenoxy) is 2. The third kappa shape index (κ3) is 3.84. The first-order chi connectivity index (χ1) is 9.63. The number of esters is 1. The van der Waals surface area contributed by atoms with Gasteiger partial charge in [-0.25, -0.2) is 4.79 Å². The Morgan fingerprint density at radius 3 is 2.75 bits per heavy atom. The van der Waals surface area contributed by atoms with E-state index in [9.17, 15) is 4.79 Å². The molecule has 5 nitrogen and oxygen atoms in total. The van der Waals surface area contributed by atoms with Crippen LogP contribution in [0.1, 0.15) is 28.8 Å². The molecule has 0 aromatic heterocycles. The number of benzene rings is 1. The molecule has 0 heterocycles. The number of rotatable bonds is 5. The van der Waals surface area contributed by atoms with Crippen molar-refractivity contribution in [3.05, 3.63) is 29.3 Å². The molecule has 0 amide bonds. The quantitative estimate of drug-likeness (QED) is 0.635. The van der Waals surface area contributed by atoms with Crippen molar-refractivity contribution >= 4 is 23.3 Å². The molecule has 1 saturated carbocycles. The van der Waals surface area contributed by atoms with Gasteiger partial charge in [0.1, 0.15) is 11.3 Å². The zero-order chi connectivity index (χ0) is 14.5. The summed E-state index contributed by atoms with van der Waals surface area (Å²) in [4.78, 5) is 11.7. The lowest BCUT2D eigenvalue weighted by molar-refractivity contribution is 0.0597. The maximum Gasteiger partial charge on any atom is 0.341 e. The van der Waals surface area contributed by atoms with Gasteiger partial charge in [0.15, 0.2) is 5.11 Å². The molecule has 20 heavy (non-hydrogen) atoms. The number of nitrogens with one attached hydrogen (secondary N) is 2. The third-order valence-electron chi connectivity index (χ3n) is 3.03. The average Bonchev–Trinajstić information content (AvgIpc) is 3.27. The number of hydrogen-bond donors (Lipinski definition) is 2. The summed E-state index contributed by atoms with van der Waals surface area (Å²) in [7, 11) is 2.87. The van der Waals surface area contributed by atoms with Crippen molar-refractivity contribution in [3.8, 4) is 5.75 Å². The molecule has 0 atom stereocenters. The second-order valence-electron chi connectivity index (χ2n) is 4.63. The normalized spacial score (nSPS) is 13.5. The molecular weight excluding hydrogens is 276 g/mol. The van der Waals surface area contributed by atoms with Crippen LogP contribution in [0.3, 0.4) is 0 Å². The van der Waals surface area contributed by atoms with Crippen molar-refractivity contribution < 1.29 is 14.3 Å². The molecule has 108 valence electrons. The molecule has 0 unspecified atom stereocenters. The third-order valence-corrected chi connectivity index (χ3v) is 3.30. The van der Waals surface area contributed by atoms with Crippen molar-refractivity contribution in [2.45, 2.75) is 25.4 Å². The van der Waals surface area contributed by atoms with E-state index in [1.54, 1.807) is 12.1 Å². The summed E-state index contributed by atoms with van der Waals surface area (Å²) in [5.41, 5.74) is 1.35. The van der Waals surface area contributed by atoms with Gasteiger partial charge < -0.3 is 20.1 Å². The van der Waals surface area contributed by atoms with Gasteiger partial charge in [-0.3, -0.25) is 0 Å². The van der Waals surface area contributed by atoms with Gasteiger partial charge in [-0.2, -0.15) is 0 Å². The van der Waals surface area contributed by atoms with E-state index in [0.717, 1.165) is 5.56 Å². The van der Waals surface area contributed by atoms with Crippen LogP contribution in [0.2, 0.25) is 0 Å². The van der Waals surface area contributed by atoms with Gasteiger partial charge in [0.25, 0.3) is 0 Å².